The number of aryl methyl sites for hydroxylation is 1. The second kappa shape index (κ2) is 5.55. The molecule has 8 nitrogen and oxygen atoms in total. The Hall–Kier alpha value is -3.60. The zero-order valence-corrected chi connectivity index (χ0v) is 12.5. The maximum absolute atomic E-state index is 12.3. The third-order valence-corrected chi connectivity index (χ3v) is 3.69. The van der Waals surface area contributed by atoms with Crippen LogP contribution in [0.5, 0.6) is 5.75 Å². The van der Waals surface area contributed by atoms with Gasteiger partial charge in [-0.15, -0.1) is 0 Å². The largest absolute Gasteiger partial charge is 0.440 e. The molecule has 2 N–H and O–H groups in total. The van der Waals surface area contributed by atoms with Crippen LogP contribution in [0.3, 0.4) is 0 Å². The summed E-state index contributed by atoms with van der Waals surface area (Å²) >= 11 is 0. The van der Waals surface area contributed by atoms with Crippen molar-refractivity contribution in [3.63, 3.8) is 0 Å². The first kappa shape index (κ1) is 15.3. The van der Waals surface area contributed by atoms with Crippen molar-refractivity contribution in [2.24, 2.45) is 5.73 Å². The Balaban J connectivity index is 2.23. The van der Waals surface area contributed by atoms with Gasteiger partial charge >= 0.3 is 5.63 Å². The van der Waals surface area contributed by atoms with Gasteiger partial charge in [-0.05, 0) is 12.5 Å². The third kappa shape index (κ3) is 2.38. The second-order valence-electron chi connectivity index (χ2n) is 5.20. The number of allylic oxidation sites excluding steroid dienone is 1. The molecule has 1 aliphatic heterocycles. The van der Waals surface area contributed by atoms with Crippen molar-refractivity contribution in [2.75, 3.05) is 0 Å². The van der Waals surface area contributed by atoms with E-state index in [1.807, 2.05) is 6.07 Å². The summed E-state index contributed by atoms with van der Waals surface area (Å²) in [6.07, 6.45) is 0. The number of hydrogen-bond donors (Lipinski definition) is 1. The lowest BCUT2D eigenvalue weighted by Crippen LogP contribution is -2.26. The number of nitrogens with zero attached hydrogens (tertiary/aromatic N) is 2. The van der Waals surface area contributed by atoms with E-state index in [2.05, 4.69) is 0 Å². The highest BCUT2D eigenvalue weighted by Crippen LogP contribution is 2.40. The molecule has 1 atom stereocenters. The molecular formula is C16H11N3O5. The van der Waals surface area contributed by atoms with Gasteiger partial charge in [0.05, 0.1) is 16.4 Å². The fraction of sp³-hybridized carbons (Fsp3) is 0.125. The van der Waals surface area contributed by atoms with Crippen molar-refractivity contribution in [1.82, 2.24) is 0 Å². The van der Waals surface area contributed by atoms with Gasteiger partial charge in [0.25, 0.3) is 5.69 Å². The minimum Gasteiger partial charge on any atom is -0.440 e. The third-order valence-electron chi connectivity index (χ3n) is 3.69. The highest BCUT2D eigenvalue weighted by atomic mass is 16.6. The Morgan fingerprint density at radius 3 is 2.58 bits per heavy atom. The smallest absolute Gasteiger partial charge is 0.343 e. The minimum atomic E-state index is -0.809. The van der Waals surface area contributed by atoms with E-state index in [1.165, 1.54) is 30.3 Å². The molecule has 2 heterocycles. The number of benzene rings is 1. The van der Waals surface area contributed by atoms with Crippen LogP contribution in [-0.2, 0) is 0 Å². The van der Waals surface area contributed by atoms with E-state index < -0.39 is 16.5 Å². The number of rotatable bonds is 2. The summed E-state index contributed by atoms with van der Waals surface area (Å²) in [5, 5.41) is 20.2. The van der Waals surface area contributed by atoms with Gasteiger partial charge < -0.3 is 14.9 Å². The molecule has 1 unspecified atom stereocenters. The van der Waals surface area contributed by atoms with Crippen LogP contribution in [0.2, 0.25) is 0 Å². The van der Waals surface area contributed by atoms with Crippen LogP contribution in [0.4, 0.5) is 5.69 Å². The zero-order valence-electron chi connectivity index (χ0n) is 12.5. The Morgan fingerprint density at radius 2 is 2.00 bits per heavy atom. The predicted molar refractivity (Wildman–Crippen MR) is 82.1 cm³/mol. The molecule has 0 saturated carbocycles. The van der Waals surface area contributed by atoms with Crippen molar-refractivity contribution < 1.29 is 14.1 Å². The first-order chi connectivity index (χ1) is 11.4. The monoisotopic (exact) mass is 325 g/mol. The number of nitrogens with two attached hydrogens (primary N) is 1. The summed E-state index contributed by atoms with van der Waals surface area (Å²) in [4.78, 5) is 22.5. The lowest BCUT2D eigenvalue weighted by Gasteiger charge is -2.25. The van der Waals surface area contributed by atoms with E-state index in [0.29, 0.717) is 11.3 Å². The molecule has 0 saturated heterocycles. The predicted octanol–water partition coefficient (Wildman–Crippen LogP) is 2.07. The van der Waals surface area contributed by atoms with Gasteiger partial charge in [0.15, 0.2) is 0 Å². The van der Waals surface area contributed by atoms with E-state index in [4.69, 9.17) is 14.9 Å². The molecule has 120 valence electrons. The molecule has 0 radical (unpaired) electrons. The number of nitro groups is 1. The first-order valence-electron chi connectivity index (χ1n) is 6.89. The van der Waals surface area contributed by atoms with Gasteiger partial charge in [-0.3, -0.25) is 10.1 Å². The summed E-state index contributed by atoms with van der Waals surface area (Å²) in [5.74, 6) is -0.368. The van der Waals surface area contributed by atoms with Crippen molar-refractivity contribution in [3.8, 4) is 11.8 Å². The quantitative estimate of drug-likeness (QED) is 0.660. The number of ether oxygens (including phenoxy) is 1. The van der Waals surface area contributed by atoms with Gasteiger partial charge in [-0.25, -0.2) is 4.79 Å². The lowest BCUT2D eigenvalue weighted by molar-refractivity contribution is -0.384. The number of non-ortho nitro benzene ring substituents is 1. The molecule has 0 amide bonds. The summed E-state index contributed by atoms with van der Waals surface area (Å²) < 4.78 is 10.5. The maximum atomic E-state index is 12.3. The Labute approximate surface area is 135 Å². The SMILES string of the molecule is Cc1cc2c(c(=O)o1)C(c1ccc([N+](=O)[O-])cc1)C(C#N)=C(N)O2. The summed E-state index contributed by atoms with van der Waals surface area (Å²) in [7, 11) is 0. The van der Waals surface area contributed by atoms with Crippen LogP contribution in [0.25, 0.3) is 0 Å². The first-order valence-corrected chi connectivity index (χ1v) is 6.89. The van der Waals surface area contributed by atoms with Crippen molar-refractivity contribution in [1.29, 1.82) is 5.26 Å². The van der Waals surface area contributed by atoms with Crippen LogP contribution in [0.15, 0.2) is 51.0 Å². The van der Waals surface area contributed by atoms with Gasteiger partial charge in [-0.1, -0.05) is 12.1 Å². The topological polar surface area (TPSA) is 132 Å². The Kier molecular flexibility index (Phi) is 3.54. The summed E-state index contributed by atoms with van der Waals surface area (Å²) in [6.45, 7) is 1.59. The molecule has 3 rings (SSSR count). The fourth-order valence-corrected chi connectivity index (χ4v) is 2.64. The number of nitro benzene ring substituents is 1. The van der Waals surface area contributed by atoms with Gasteiger partial charge in [-0.2, -0.15) is 5.26 Å². The summed E-state index contributed by atoms with van der Waals surface area (Å²) in [5.41, 5.74) is 5.75. The molecule has 1 aromatic carbocycles. The number of nitriles is 1. The Bertz CT molecular complexity index is 967. The normalized spacial score (nSPS) is 16.1. The highest BCUT2D eigenvalue weighted by molar-refractivity contribution is 5.55. The van der Waals surface area contributed by atoms with Crippen molar-refractivity contribution in [3.05, 3.63) is 79.2 Å². The highest BCUT2D eigenvalue weighted by Gasteiger charge is 2.34. The lowest BCUT2D eigenvalue weighted by atomic mass is 9.84. The van der Waals surface area contributed by atoms with E-state index in [1.54, 1.807) is 6.92 Å². The van der Waals surface area contributed by atoms with E-state index in [9.17, 15) is 20.2 Å². The fourth-order valence-electron chi connectivity index (χ4n) is 2.64. The van der Waals surface area contributed by atoms with Gasteiger partial charge in [0.2, 0.25) is 5.88 Å². The molecule has 1 aromatic heterocycles. The number of fused-ring (bicyclic) bond motifs is 1. The van der Waals surface area contributed by atoms with Crippen LogP contribution in [-0.4, -0.2) is 4.92 Å². The molecule has 8 heteroatoms. The van der Waals surface area contributed by atoms with Gasteiger partial charge in [0.1, 0.15) is 23.2 Å². The van der Waals surface area contributed by atoms with Crippen molar-refractivity contribution in [2.45, 2.75) is 12.8 Å². The second-order valence-corrected chi connectivity index (χ2v) is 5.20. The number of hydrogen-bond acceptors (Lipinski definition) is 7. The standard InChI is InChI=1S/C16H11N3O5/c1-8-6-12-14(16(20)23-8)13(11(7-17)15(18)24-12)9-2-4-10(5-3-9)19(21)22/h2-6,13H,18H2,1H3. The Morgan fingerprint density at radius 1 is 1.33 bits per heavy atom. The average Bonchev–Trinajstić information content (AvgIpc) is 2.53. The van der Waals surface area contributed by atoms with Gasteiger partial charge in [0, 0.05) is 18.2 Å². The molecule has 1 aliphatic rings. The van der Waals surface area contributed by atoms with Crippen LogP contribution < -0.4 is 16.1 Å². The summed E-state index contributed by atoms with van der Waals surface area (Å²) in [6, 6.07) is 8.99. The molecule has 0 aliphatic carbocycles. The van der Waals surface area contributed by atoms with E-state index in [0.717, 1.165) is 0 Å². The van der Waals surface area contributed by atoms with E-state index >= 15 is 0 Å². The van der Waals surface area contributed by atoms with Crippen LogP contribution in [0.1, 0.15) is 22.8 Å². The van der Waals surface area contributed by atoms with Crippen LogP contribution in [0, 0.1) is 28.4 Å². The molecule has 0 fully saturated rings. The minimum absolute atomic E-state index is 0.0486. The maximum Gasteiger partial charge on any atom is 0.343 e. The molecule has 0 bridgehead atoms. The zero-order chi connectivity index (χ0) is 17.4. The molecule has 0 spiro atoms. The average molecular weight is 325 g/mol. The molecular weight excluding hydrogens is 314 g/mol. The van der Waals surface area contributed by atoms with Crippen LogP contribution >= 0.6 is 0 Å². The molecule has 24 heavy (non-hydrogen) atoms. The molecule has 2 aromatic rings. The van der Waals surface area contributed by atoms with E-state index in [-0.39, 0.29) is 28.5 Å². The van der Waals surface area contributed by atoms with Crippen molar-refractivity contribution >= 4 is 5.69 Å².